The second kappa shape index (κ2) is 9.45. The molecule has 1 aliphatic heterocycles. The summed E-state index contributed by atoms with van der Waals surface area (Å²) in [6.45, 7) is 4.03. The maximum absolute atomic E-state index is 12.7. The fraction of sp³-hybridized carbons (Fsp3) is 0.292. The van der Waals surface area contributed by atoms with Gasteiger partial charge in [0, 0.05) is 36.3 Å². The first-order valence-corrected chi connectivity index (χ1v) is 10.8. The van der Waals surface area contributed by atoms with Crippen LogP contribution in [0, 0.1) is 0 Å². The van der Waals surface area contributed by atoms with E-state index in [1.807, 2.05) is 12.1 Å². The number of allylic oxidation sites excluding steroid dienone is 2. The average molecular weight is 438 g/mol. The van der Waals surface area contributed by atoms with Crippen LogP contribution in [0.3, 0.4) is 0 Å². The summed E-state index contributed by atoms with van der Waals surface area (Å²) in [6, 6.07) is 13.8. The van der Waals surface area contributed by atoms with E-state index in [4.69, 9.17) is 11.6 Å². The lowest BCUT2D eigenvalue weighted by Crippen LogP contribution is -2.33. The second-order valence-corrected chi connectivity index (χ2v) is 8.13. The standard InChI is InChI=1S/C24H24ClN3O3/c25-20-21(23(30)19-6-2-1-5-18(19)22(20)29)27-15-16-7-9-17(10-8-16)24(31)26-11-14-28-12-3-4-13-28/h1-2,5-10,27H,3-4,11-15H2,(H,26,31). The van der Waals surface area contributed by atoms with E-state index in [9.17, 15) is 14.4 Å². The normalized spacial score (nSPS) is 16.4. The van der Waals surface area contributed by atoms with Crippen molar-refractivity contribution in [3.8, 4) is 0 Å². The van der Waals surface area contributed by atoms with Gasteiger partial charge in [0.2, 0.25) is 11.6 Å². The van der Waals surface area contributed by atoms with E-state index < -0.39 is 0 Å². The number of benzene rings is 2. The zero-order valence-electron chi connectivity index (χ0n) is 17.1. The topological polar surface area (TPSA) is 78.5 Å². The fourth-order valence-corrected chi connectivity index (χ4v) is 4.16. The lowest BCUT2D eigenvalue weighted by atomic mass is 9.92. The van der Waals surface area contributed by atoms with Gasteiger partial charge in [0.25, 0.3) is 5.91 Å². The molecule has 7 heteroatoms. The number of hydrogen-bond acceptors (Lipinski definition) is 5. The van der Waals surface area contributed by atoms with Crippen molar-refractivity contribution in [1.82, 2.24) is 15.5 Å². The van der Waals surface area contributed by atoms with E-state index in [0.717, 1.165) is 25.2 Å². The number of carbonyl (C=O) groups excluding carboxylic acids is 3. The zero-order chi connectivity index (χ0) is 21.8. The Morgan fingerprint density at radius 2 is 1.58 bits per heavy atom. The van der Waals surface area contributed by atoms with Gasteiger partial charge >= 0.3 is 0 Å². The van der Waals surface area contributed by atoms with Crippen LogP contribution < -0.4 is 10.6 Å². The molecule has 4 rings (SSSR count). The highest BCUT2D eigenvalue weighted by molar-refractivity contribution is 6.49. The molecule has 1 fully saturated rings. The summed E-state index contributed by atoms with van der Waals surface area (Å²) in [5.41, 5.74) is 2.22. The average Bonchev–Trinajstić information content (AvgIpc) is 3.31. The maximum Gasteiger partial charge on any atom is 0.251 e. The van der Waals surface area contributed by atoms with Crippen molar-refractivity contribution in [2.75, 3.05) is 26.2 Å². The van der Waals surface area contributed by atoms with E-state index in [-0.39, 0.29) is 28.2 Å². The maximum atomic E-state index is 12.7. The van der Waals surface area contributed by atoms with Gasteiger partial charge in [0.05, 0.1) is 0 Å². The third-order valence-electron chi connectivity index (χ3n) is 5.66. The van der Waals surface area contributed by atoms with E-state index in [1.54, 1.807) is 36.4 Å². The summed E-state index contributed by atoms with van der Waals surface area (Å²) in [4.78, 5) is 39.8. The second-order valence-electron chi connectivity index (χ2n) is 7.75. The van der Waals surface area contributed by atoms with Gasteiger partial charge in [0.1, 0.15) is 10.7 Å². The molecule has 2 N–H and O–H groups in total. The molecule has 31 heavy (non-hydrogen) atoms. The van der Waals surface area contributed by atoms with Gasteiger partial charge in [-0.15, -0.1) is 0 Å². The number of nitrogens with one attached hydrogen (secondary N) is 2. The van der Waals surface area contributed by atoms with Crippen molar-refractivity contribution >= 4 is 29.1 Å². The van der Waals surface area contributed by atoms with Crippen LogP contribution in [0.5, 0.6) is 0 Å². The molecule has 1 heterocycles. The molecule has 160 valence electrons. The minimum absolute atomic E-state index is 0.0994. The first-order chi connectivity index (χ1) is 15.0. The highest BCUT2D eigenvalue weighted by Crippen LogP contribution is 2.27. The minimum atomic E-state index is -0.361. The van der Waals surface area contributed by atoms with Crippen molar-refractivity contribution < 1.29 is 14.4 Å². The van der Waals surface area contributed by atoms with Gasteiger partial charge in [-0.2, -0.15) is 0 Å². The number of ketones is 2. The molecule has 0 bridgehead atoms. The predicted octanol–water partition coefficient (Wildman–Crippen LogP) is 3.13. The molecule has 2 aromatic rings. The number of Topliss-reactive ketones (excluding diaryl/α,β-unsaturated/α-hetero) is 2. The Labute approximate surface area is 186 Å². The van der Waals surface area contributed by atoms with Crippen LogP contribution in [-0.2, 0) is 6.54 Å². The van der Waals surface area contributed by atoms with E-state index >= 15 is 0 Å². The Hall–Kier alpha value is -2.96. The number of rotatable bonds is 7. The van der Waals surface area contributed by atoms with Crippen LogP contribution >= 0.6 is 11.6 Å². The van der Waals surface area contributed by atoms with E-state index in [1.165, 1.54) is 12.8 Å². The number of halogens is 1. The minimum Gasteiger partial charge on any atom is -0.376 e. The molecule has 2 aliphatic rings. The molecule has 0 aromatic heterocycles. The Morgan fingerprint density at radius 3 is 2.26 bits per heavy atom. The summed E-state index contributed by atoms with van der Waals surface area (Å²) in [5, 5.41) is 5.85. The Balaban J connectivity index is 1.34. The molecule has 0 spiro atoms. The summed E-state index contributed by atoms with van der Waals surface area (Å²) < 4.78 is 0. The van der Waals surface area contributed by atoms with E-state index in [0.29, 0.717) is 29.8 Å². The van der Waals surface area contributed by atoms with Gasteiger partial charge < -0.3 is 15.5 Å². The number of nitrogens with zero attached hydrogens (tertiary/aromatic N) is 1. The molecular weight excluding hydrogens is 414 g/mol. The van der Waals surface area contributed by atoms with Crippen LogP contribution in [0.25, 0.3) is 0 Å². The Bertz CT molecular complexity index is 1040. The van der Waals surface area contributed by atoms with Gasteiger partial charge in [-0.1, -0.05) is 48.0 Å². The number of amides is 1. The largest absolute Gasteiger partial charge is 0.376 e. The number of carbonyl (C=O) groups is 3. The number of likely N-dealkylation sites (tertiary alicyclic amines) is 1. The monoisotopic (exact) mass is 437 g/mol. The van der Waals surface area contributed by atoms with Crippen molar-refractivity contribution in [3.63, 3.8) is 0 Å². The number of hydrogen-bond donors (Lipinski definition) is 2. The van der Waals surface area contributed by atoms with Gasteiger partial charge in [-0.25, -0.2) is 0 Å². The Kier molecular flexibility index (Phi) is 6.49. The summed E-state index contributed by atoms with van der Waals surface area (Å²) >= 11 is 6.17. The van der Waals surface area contributed by atoms with Crippen molar-refractivity contribution in [2.45, 2.75) is 19.4 Å². The Morgan fingerprint density at radius 1 is 0.935 bits per heavy atom. The van der Waals surface area contributed by atoms with E-state index in [2.05, 4.69) is 15.5 Å². The molecule has 1 amide bonds. The summed E-state index contributed by atoms with van der Waals surface area (Å²) in [5.74, 6) is -0.761. The predicted molar refractivity (Wildman–Crippen MR) is 119 cm³/mol. The van der Waals surface area contributed by atoms with Gasteiger partial charge in [-0.3, -0.25) is 14.4 Å². The highest BCUT2D eigenvalue weighted by Gasteiger charge is 2.30. The van der Waals surface area contributed by atoms with Crippen LogP contribution in [0.1, 0.15) is 49.5 Å². The molecule has 0 saturated carbocycles. The van der Waals surface area contributed by atoms with Gasteiger partial charge in [-0.05, 0) is 43.6 Å². The molecule has 0 atom stereocenters. The fourth-order valence-electron chi connectivity index (χ4n) is 3.90. The van der Waals surface area contributed by atoms with Crippen LogP contribution in [0.2, 0.25) is 0 Å². The molecule has 2 aromatic carbocycles. The SMILES string of the molecule is O=C(NCCN1CCCC1)c1ccc(CNC2=C(Cl)C(=O)c3ccccc3C2=O)cc1. The molecular formula is C24H24ClN3O3. The van der Waals surface area contributed by atoms with Crippen LogP contribution in [0.15, 0.2) is 59.3 Å². The van der Waals surface area contributed by atoms with Crippen molar-refractivity contribution in [2.24, 2.45) is 0 Å². The van der Waals surface area contributed by atoms with Crippen LogP contribution in [0.4, 0.5) is 0 Å². The smallest absolute Gasteiger partial charge is 0.251 e. The molecule has 6 nitrogen and oxygen atoms in total. The third-order valence-corrected chi connectivity index (χ3v) is 6.02. The third kappa shape index (κ3) is 4.70. The van der Waals surface area contributed by atoms with Crippen LogP contribution in [-0.4, -0.2) is 48.6 Å². The lowest BCUT2D eigenvalue weighted by molar-refractivity contribution is 0.0949. The quantitative estimate of drug-likeness (QED) is 0.695. The lowest BCUT2D eigenvalue weighted by Gasteiger charge is -2.19. The molecule has 0 radical (unpaired) electrons. The molecule has 0 unspecified atom stereocenters. The molecule has 1 saturated heterocycles. The zero-order valence-corrected chi connectivity index (χ0v) is 17.9. The number of fused-ring (bicyclic) bond motifs is 1. The van der Waals surface area contributed by atoms with Crippen molar-refractivity contribution in [3.05, 3.63) is 81.5 Å². The first kappa shape index (κ1) is 21.3. The summed E-state index contributed by atoms with van der Waals surface area (Å²) in [6.07, 6.45) is 2.47. The van der Waals surface area contributed by atoms with Crippen molar-refractivity contribution in [1.29, 1.82) is 0 Å². The summed E-state index contributed by atoms with van der Waals surface area (Å²) in [7, 11) is 0. The molecule has 1 aliphatic carbocycles. The first-order valence-electron chi connectivity index (χ1n) is 10.5. The van der Waals surface area contributed by atoms with Gasteiger partial charge in [0.15, 0.2) is 0 Å². The highest BCUT2D eigenvalue weighted by atomic mass is 35.5.